The second-order valence-corrected chi connectivity index (χ2v) is 7.56. The number of fused-ring (bicyclic) bond motifs is 1. The number of carbonyl (C=O) groups is 1. The standard InChI is InChI=1S/C23H30O4/c1-16(2)8-6-9-17(3)10-7-12-23(4)13-11-18-14-19(22(25)26-5)15-20(24)21(18)27-23/h8,10-11,13-15,24H,6-7,9,12H2,1-5H3. The summed E-state index contributed by atoms with van der Waals surface area (Å²) in [5.41, 5.74) is 3.22. The normalized spacial score (nSPS) is 18.5. The number of rotatable bonds is 7. The topological polar surface area (TPSA) is 55.8 Å². The summed E-state index contributed by atoms with van der Waals surface area (Å²) >= 11 is 0. The molecule has 0 saturated heterocycles. The number of allylic oxidation sites excluding steroid dienone is 4. The van der Waals surface area contributed by atoms with Crippen LogP contribution in [0.25, 0.3) is 6.08 Å². The highest BCUT2D eigenvalue weighted by molar-refractivity contribution is 5.91. The maximum Gasteiger partial charge on any atom is 0.338 e. The van der Waals surface area contributed by atoms with Gasteiger partial charge < -0.3 is 14.6 Å². The van der Waals surface area contributed by atoms with Crippen LogP contribution in [0.2, 0.25) is 0 Å². The van der Waals surface area contributed by atoms with Gasteiger partial charge >= 0.3 is 5.97 Å². The van der Waals surface area contributed by atoms with Crippen LogP contribution in [0.1, 0.15) is 69.3 Å². The summed E-state index contributed by atoms with van der Waals surface area (Å²) in [6.07, 6.45) is 12.3. The van der Waals surface area contributed by atoms with Crippen LogP contribution in [-0.4, -0.2) is 23.8 Å². The fraction of sp³-hybridized carbons (Fsp3) is 0.435. The maximum absolute atomic E-state index is 11.7. The Hall–Kier alpha value is -2.49. The summed E-state index contributed by atoms with van der Waals surface area (Å²) < 4.78 is 10.8. The lowest BCUT2D eigenvalue weighted by Gasteiger charge is -2.32. The number of hydrogen-bond acceptors (Lipinski definition) is 4. The molecule has 1 unspecified atom stereocenters. The molecular weight excluding hydrogens is 340 g/mol. The van der Waals surface area contributed by atoms with Crippen molar-refractivity contribution in [2.45, 2.75) is 59.0 Å². The van der Waals surface area contributed by atoms with Gasteiger partial charge in [-0.3, -0.25) is 0 Å². The van der Waals surface area contributed by atoms with E-state index in [1.807, 2.05) is 19.1 Å². The monoisotopic (exact) mass is 370 g/mol. The van der Waals surface area contributed by atoms with Gasteiger partial charge in [0.25, 0.3) is 0 Å². The first-order valence-corrected chi connectivity index (χ1v) is 9.36. The minimum Gasteiger partial charge on any atom is -0.504 e. The summed E-state index contributed by atoms with van der Waals surface area (Å²) in [6.45, 7) is 8.41. The van der Waals surface area contributed by atoms with Crippen molar-refractivity contribution in [2.24, 2.45) is 0 Å². The fourth-order valence-electron chi connectivity index (χ4n) is 3.07. The Morgan fingerprint density at radius 1 is 1.22 bits per heavy atom. The summed E-state index contributed by atoms with van der Waals surface area (Å²) in [5.74, 6) is -0.114. The van der Waals surface area contributed by atoms with Gasteiger partial charge in [-0.05, 0) is 71.6 Å². The van der Waals surface area contributed by atoms with Crippen molar-refractivity contribution in [3.05, 3.63) is 52.6 Å². The zero-order valence-electron chi connectivity index (χ0n) is 17.0. The zero-order valence-corrected chi connectivity index (χ0v) is 17.0. The molecule has 1 aliphatic rings. The van der Waals surface area contributed by atoms with E-state index < -0.39 is 11.6 Å². The van der Waals surface area contributed by atoms with Crippen molar-refractivity contribution in [1.29, 1.82) is 0 Å². The van der Waals surface area contributed by atoms with Crippen LogP contribution in [0.4, 0.5) is 0 Å². The van der Waals surface area contributed by atoms with E-state index in [4.69, 9.17) is 9.47 Å². The molecular formula is C23H30O4. The molecule has 1 atom stereocenters. The Balaban J connectivity index is 2.03. The molecule has 0 amide bonds. The third-order valence-electron chi connectivity index (χ3n) is 4.69. The quantitative estimate of drug-likeness (QED) is 0.486. The molecule has 4 nitrogen and oxygen atoms in total. The SMILES string of the molecule is COC(=O)c1cc(O)c2c(c1)C=CC(C)(CCC=C(C)CCC=C(C)C)O2. The van der Waals surface area contributed by atoms with Crippen LogP contribution in [0, 0.1) is 0 Å². The van der Waals surface area contributed by atoms with Crippen LogP contribution < -0.4 is 4.74 Å². The Morgan fingerprint density at radius 2 is 1.96 bits per heavy atom. The molecule has 146 valence electrons. The number of aromatic hydroxyl groups is 1. The third kappa shape index (κ3) is 5.75. The number of esters is 1. The van der Waals surface area contributed by atoms with E-state index in [1.165, 1.54) is 24.3 Å². The van der Waals surface area contributed by atoms with Gasteiger partial charge in [0.2, 0.25) is 0 Å². The predicted octanol–water partition coefficient (Wildman–Crippen LogP) is 5.82. The number of benzene rings is 1. The Kier molecular flexibility index (Phi) is 6.89. The van der Waals surface area contributed by atoms with Gasteiger partial charge in [0, 0.05) is 5.56 Å². The fourth-order valence-corrected chi connectivity index (χ4v) is 3.07. The molecule has 1 aromatic rings. The highest BCUT2D eigenvalue weighted by atomic mass is 16.5. The first-order valence-electron chi connectivity index (χ1n) is 9.36. The van der Waals surface area contributed by atoms with E-state index in [0.29, 0.717) is 16.9 Å². The Labute approximate surface area is 162 Å². The first-order chi connectivity index (χ1) is 12.7. The lowest BCUT2D eigenvalue weighted by molar-refractivity contribution is 0.0600. The maximum atomic E-state index is 11.7. The molecule has 1 aromatic carbocycles. The summed E-state index contributed by atoms with van der Waals surface area (Å²) in [6, 6.07) is 3.06. The summed E-state index contributed by atoms with van der Waals surface area (Å²) in [5, 5.41) is 10.3. The number of ether oxygens (including phenoxy) is 2. The third-order valence-corrected chi connectivity index (χ3v) is 4.69. The number of phenolic OH excluding ortho intramolecular Hbond substituents is 1. The van der Waals surface area contributed by atoms with E-state index in [1.54, 1.807) is 6.07 Å². The molecule has 0 saturated carbocycles. The summed E-state index contributed by atoms with van der Waals surface area (Å²) in [7, 11) is 1.32. The van der Waals surface area contributed by atoms with Crippen molar-refractivity contribution >= 4 is 12.0 Å². The molecule has 1 heterocycles. The summed E-state index contributed by atoms with van der Waals surface area (Å²) in [4.78, 5) is 11.7. The van der Waals surface area contributed by atoms with E-state index in [2.05, 4.69) is 32.9 Å². The van der Waals surface area contributed by atoms with Crippen LogP contribution in [0.15, 0.2) is 41.5 Å². The number of carbonyl (C=O) groups excluding carboxylic acids is 1. The minimum absolute atomic E-state index is 0.0445. The second kappa shape index (κ2) is 8.94. The largest absolute Gasteiger partial charge is 0.504 e. The molecule has 1 N–H and O–H groups in total. The molecule has 0 spiro atoms. The van der Waals surface area contributed by atoms with Crippen LogP contribution in [0.5, 0.6) is 11.5 Å². The smallest absolute Gasteiger partial charge is 0.338 e. The number of hydrogen-bond donors (Lipinski definition) is 1. The van der Waals surface area contributed by atoms with Crippen LogP contribution >= 0.6 is 0 Å². The van der Waals surface area contributed by atoms with E-state index in [9.17, 15) is 9.90 Å². The average Bonchev–Trinajstić information content (AvgIpc) is 2.61. The van der Waals surface area contributed by atoms with E-state index in [0.717, 1.165) is 25.7 Å². The van der Waals surface area contributed by atoms with Crippen molar-refractivity contribution in [3.8, 4) is 11.5 Å². The van der Waals surface area contributed by atoms with Gasteiger partial charge in [-0.2, -0.15) is 0 Å². The number of methoxy groups -OCH3 is 1. The highest BCUT2D eigenvalue weighted by Crippen LogP contribution is 2.40. The first kappa shape index (κ1) is 20.8. The lowest BCUT2D eigenvalue weighted by Crippen LogP contribution is -2.31. The van der Waals surface area contributed by atoms with Gasteiger partial charge in [0.05, 0.1) is 12.7 Å². The van der Waals surface area contributed by atoms with E-state index in [-0.39, 0.29) is 5.75 Å². The van der Waals surface area contributed by atoms with Gasteiger partial charge in [-0.15, -0.1) is 0 Å². The van der Waals surface area contributed by atoms with Crippen molar-refractivity contribution < 1.29 is 19.4 Å². The Morgan fingerprint density at radius 3 is 2.63 bits per heavy atom. The highest BCUT2D eigenvalue weighted by Gasteiger charge is 2.29. The van der Waals surface area contributed by atoms with Gasteiger partial charge in [0.15, 0.2) is 11.5 Å². The molecule has 27 heavy (non-hydrogen) atoms. The molecule has 0 aromatic heterocycles. The zero-order chi connectivity index (χ0) is 20.0. The van der Waals surface area contributed by atoms with Gasteiger partial charge in [0.1, 0.15) is 5.60 Å². The Bertz CT molecular complexity index is 782. The van der Waals surface area contributed by atoms with Crippen molar-refractivity contribution in [1.82, 2.24) is 0 Å². The lowest BCUT2D eigenvalue weighted by atomic mass is 9.93. The second-order valence-electron chi connectivity index (χ2n) is 7.56. The molecule has 0 aliphatic carbocycles. The van der Waals surface area contributed by atoms with Crippen LogP contribution in [-0.2, 0) is 4.74 Å². The molecule has 4 heteroatoms. The molecule has 2 rings (SSSR count). The number of phenols is 1. The predicted molar refractivity (Wildman–Crippen MR) is 109 cm³/mol. The molecule has 1 aliphatic heterocycles. The minimum atomic E-state index is -0.492. The molecule has 0 bridgehead atoms. The molecule has 0 radical (unpaired) electrons. The van der Waals surface area contributed by atoms with Crippen LogP contribution in [0.3, 0.4) is 0 Å². The van der Waals surface area contributed by atoms with Gasteiger partial charge in [-0.1, -0.05) is 29.4 Å². The van der Waals surface area contributed by atoms with E-state index >= 15 is 0 Å². The van der Waals surface area contributed by atoms with Crippen molar-refractivity contribution in [3.63, 3.8) is 0 Å². The average molecular weight is 370 g/mol. The molecule has 0 fully saturated rings. The van der Waals surface area contributed by atoms with Gasteiger partial charge in [-0.25, -0.2) is 4.79 Å². The van der Waals surface area contributed by atoms with Crippen molar-refractivity contribution in [2.75, 3.05) is 7.11 Å².